The van der Waals surface area contributed by atoms with Crippen molar-refractivity contribution in [3.8, 4) is 0 Å². The number of nitrogens with one attached hydrogen (secondary N) is 1. The Bertz CT molecular complexity index is 1410. The molecule has 1 atom stereocenters. The number of hydrogen-bond acceptors (Lipinski definition) is 6. The minimum Gasteiger partial charge on any atom is -0.481 e. The molecular formula is C26H19N3O5S. The van der Waals surface area contributed by atoms with Crippen LogP contribution in [0.5, 0.6) is 0 Å². The summed E-state index contributed by atoms with van der Waals surface area (Å²) in [6.07, 6.45) is 3.24. The molecule has 0 spiro atoms. The van der Waals surface area contributed by atoms with Gasteiger partial charge in [-0.05, 0) is 40.8 Å². The van der Waals surface area contributed by atoms with Crippen molar-refractivity contribution in [2.24, 2.45) is 0 Å². The number of rotatable bonds is 7. The summed E-state index contributed by atoms with van der Waals surface area (Å²) in [7, 11) is 0. The normalized spacial score (nSPS) is 13.7. The first-order valence-electron chi connectivity index (χ1n) is 10.8. The second-order valence-electron chi connectivity index (χ2n) is 8.14. The molecule has 3 heterocycles. The van der Waals surface area contributed by atoms with Crippen molar-refractivity contribution in [1.82, 2.24) is 9.88 Å². The maximum absolute atomic E-state index is 13.5. The number of carboxylic acid groups (broad SMARTS) is 1. The molecule has 0 aliphatic carbocycles. The van der Waals surface area contributed by atoms with Crippen molar-refractivity contribution in [2.45, 2.75) is 12.3 Å². The Kier molecular flexibility index (Phi) is 5.84. The van der Waals surface area contributed by atoms with Gasteiger partial charge < -0.3 is 10.4 Å². The van der Waals surface area contributed by atoms with Gasteiger partial charge in [-0.2, -0.15) is 0 Å². The maximum Gasteiger partial charge on any atom is 0.307 e. The lowest BCUT2D eigenvalue weighted by Gasteiger charge is -2.22. The zero-order chi connectivity index (χ0) is 24.5. The van der Waals surface area contributed by atoms with Gasteiger partial charge in [0.2, 0.25) is 5.91 Å². The largest absolute Gasteiger partial charge is 0.481 e. The van der Waals surface area contributed by atoms with Gasteiger partial charge in [0.1, 0.15) is 0 Å². The number of carbonyl (C=O) groups is 4. The highest BCUT2D eigenvalue weighted by molar-refractivity contribution is 7.22. The van der Waals surface area contributed by atoms with Crippen molar-refractivity contribution < 1.29 is 24.3 Å². The van der Waals surface area contributed by atoms with Crippen LogP contribution in [-0.2, 0) is 16.0 Å². The summed E-state index contributed by atoms with van der Waals surface area (Å²) in [5.74, 6) is -3.10. The van der Waals surface area contributed by atoms with E-state index in [1.165, 1.54) is 11.3 Å². The van der Waals surface area contributed by atoms with E-state index in [1.54, 1.807) is 60.9 Å². The molecule has 0 bridgehead atoms. The summed E-state index contributed by atoms with van der Waals surface area (Å²) in [6.45, 7) is -0.150. The molecule has 2 aromatic carbocycles. The van der Waals surface area contributed by atoms with Crippen LogP contribution in [0.25, 0.3) is 10.1 Å². The highest BCUT2D eigenvalue weighted by atomic mass is 32.1. The second kappa shape index (κ2) is 9.11. The Labute approximate surface area is 203 Å². The van der Waals surface area contributed by atoms with Crippen LogP contribution in [0, 0.1) is 0 Å². The van der Waals surface area contributed by atoms with Gasteiger partial charge in [0.15, 0.2) is 0 Å². The number of carboxylic acids is 1. The molecule has 1 unspecified atom stereocenters. The minimum absolute atomic E-state index is 0.147. The number of fused-ring (bicyclic) bond motifs is 2. The zero-order valence-corrected chi connectivity index (χ0v) is 19.1. The number of pyridine rings is 1. The average Bonchev–Trinajstić information content (AvgIpc) is 3.36. The minimum atomic E-state index is -0.961. The van der Waals surface area contributed by atoms with Gasteiger partial charge in [-0.15, -0.1) is 11.3 Å². The average molecular weight is 486 g/mol. The first-order valence-corrected chi connectivity index (χ1v) is 11.6. The number of anilines is 1. The summed E-state index contributed by atoms with van der Waals surface area (Å²) >= 11 is 1.37. The van der Waals surface area contributed by atoms with Crippen molar-refractivity contribution in [2.75, 3.05) is 11.9 Å². The predicted octanol–water partition coefficient (Wildman–Crippen LogP) is 3.94. The number of nitrogens with zero attached hydrogens (tertiary/aromatic N) is 2. The molecule has 9 heteroatoms. The van der Waals surface area contributed by atoms with Gasteiger partial charge in [0, 0.05) is 18.9 Å². The van der Waals surface area contributed by atoms with E-state index in [-0.39, 0.29) is 18.9 Å². The molecule has 0 saturated carbocycles. The summed E-state index contributed by atoms with van der Waals surface area (Å²) in [5, 5.41) is 13.5. The first-order chi connectivity index (χ1) is 16.9. The lowest BCUT2D eigenvalue weighted by atomic mass is 9.95. The number of thiophene rings is 1. The Morgan fingerprint density at radius 2 is 1.69 bits per heavy atom. The Morgan fingerprint density at radius 1 is 1.00 bits per heavy atom. The van der Waals surface area contributed by atoms with E-state index < -0.39 is 23.7 Å². The van der Waals surface area contributed by atoms with Crippen LogP contribution >= 0.6 is 11.3 Å². The Balaban J connectivity index is 1.45. The van der Waals surface area contributed by atoms with E-state index in [4.69, 9.17) is 5.11 Å². The fourth-order valence-corrected chi connectivity index (χ4v) is 5.06. The van der Waals surface area contributed by atoms with Crippen LogP contribution in [0.2, 0.25) is 0 Å². The first kappa shape index (κ1) is 22.4. The van der Waals surface area contributed by atoms with E-state index in [1.807, 2.05) is 12.1 Å². The molecule has 35 heavy (non-hydrogen) atoms. The molecule has 174 valence electrons. The SMILES string of the molecule is O=C(O)Cc1ccc(C(CN2C(=O)c3ccccc3C2=O)C(=O)Nc2cc3ccncc3s2)cc1. The van der Waals surface area contributed by atoms with Gasteiger partial charge >= 0.3 is 5.97 Å². The summed E-state index contributed by atoms with van der Waals surface area (Å²) < 4.78 is 0.915. The van der Waals surface area contributed by atoms with Gasteiger partial charge in [0.25, 0.3) is 11.8 Å². The third-order valence-corrected chi connectivity index (χ3v) is 6.87. The van der Waals surface area contributed by atoms with Gasteiger partial charge in [0.05, 0.1) is 33.2 Å². The van der Waals surface area contributed by atoms with Crippen LogP contribution in [0.4, 0.5) is 5.00 Å². The second-order valence-corrected chi connectivity index (χ2v) is 9.23. The van der Waals surface area contributed by atoms with E-state index in [0.29, 0.717) is 27.3 Å². The standard InChI is InChI=1S/C26H19N3O5S/c30-23(31)11-15-5-7-16(8-6-15)20(14-29-25(33)18-3-1-2-4-19(18)26(29)34)24(32)28-22-12-17-9-10-27-13-21(17)35-22/h1-10,12-13,20H,11,14H2,(H,28,32)(H,30,31). The van der Waals surface area contributed by atoms with E-state index in [2.05, 4.69) is 10.3 Å². The smallest absolute Gasteiger partial charge is 0.307 e. The highest BCUT2D eigenvalue weighted by Gasteiger charge is 2.38. The molecule has 1 aliphatic rings. The lowest BCUT2D eigenvalue weighted by molar-refractivity contribution is -0.136. The van der Waals surface area contributed by atoms with E-state index >= 15 is 0 Å². The van der Waals surface area contributed by atoms with Gasteiger partial charge in [-0.1, -0.05) is 36.4 Å². The molecule has 4 aromatic rings. The van der Waals surface area contributed by atoms with Crippen molar-refractivity contribution >= 4 is 50.1 Å². The van der Waals surface area contributed by atoms with Crippen molar-refractivity contribution in [3.63, 3.8) is 0 Å². The molecule has 2 aromatic heterocycles. The maximum atomic E-state index is 13.5. The molecule has 0 radical (unpaired) electrons. The number of carbonyl (C=O) groups excluding carboxylic acids is 3. The van der Waals surface area contributed by atoms with Crippen LogP contribution in [0.3, 0.4) is 0 Å². The number of benzene rings is 2. The summed E-state index contributed by atoms with van der Waals surface area (Å²) in [6, 6.07) is 16.9. The Morgan fingerprint density at radius 3 is 2.31 bits per heavy atom. The van der Waals surface area contributed by atoms with Crippen LogP contribution in [0.1, 0.15) is 37.8 Å². The van der Waals surface area contributed by atoms with Gasteiger partial charge in [-0.25, -0.2) is 0 Å². The number of aromatic nitrogens is 1. The number of amides is 3. The third kappa shape index (κ3) is 4.41. The lowest BCUT2D eigenvalue weighted by Crippen LogP contribution is -2.38. The fraction of sp³-hybridized carbons (Fsp3) is 0.115. The van der Waals surface area contributed by atoms with E-state index in [9.17, 15) is 19.2 Å². The molecule has 2 N–H and O–H groups in total. The van der Waals surface area contributed by atoms with E-state index in [0.717, 1.165) is 15.0 Å². The fourth-order valence-electron chi connectivity index (χ4n) is 4.12. The number of imide groups is 1. The van der Waals surface area contributed by atoms with Crippen molar-refractivity contribution in [1.29, 1.82) is 0 Å². The monoisotopic (exact) mass is 485 g/mol. The molecule has 8 nitrogen and oxygen atoms in total. The molecule has 1 aliphatic heterocycles. The van der Waals surface area contributed by atoms with Crippen LogP contribution < -0.4 is 5.32 Å². The predicted molar refractivity (Wildman–Crippen MR) is 131 cm³/mol. The highest BCUT2D eigenvalue weighted by Crippen LogP contribution is 2.31. The molecular weight excluding hydrogens is 466 g/mol. The quantitative estimate of drug-likeness (QED) is 0.383. The molecule has 3 amide bonds. The topological polar surface area (TPSA) is 117 Å². The number of aliphatic carboxylic acids is 1. The molecule has 5 rings (SSSR count). The third-order valence-electron chi connectivity index (χ3n) is 5.87. The van der Waals surface area contributed by atoms with Crippen molar-refractivity contribution in [3.05, 3.63) is 95.3 Å². The van der Waals surface area contributed by atoms with Crippen LogP contribution in [-0.4, -0.2) is 45.2 Å². The molecule has 0 saturated heterocycles. The molecule has 0 fully saturated rings. The summed E-state index contributed by atoms with van der Waals surface area (Å²) in [4.78, 5) is 55.6. The van der Waals surface area contributed by atoms with Gasteiger partial charge in [-0.3, -0.25) is 29.1 Å². The number of hydrogen-bond donors (Lipinski definition) is 2. The zero-order valence-electron chi connectivity index (χ0n) is 18.3. The Hall–Kier alpha value is -4.37. The summed E-state index contributed by atoms with van der Waals surface area (Å²) in [5.41, 5.74) is 1.77. The van der Waals surface area contributed by atoms with Crippen LogP contribution in [0.15, 0.2) is 73.1 Å².